The Labute approximate surface area is 81.4 Å². The van der Waals surface area contributed by atoms with Crippen LogP contribution in [0.15, 0.2) is 12.2 Å². The molecule has 0 aromatic heterocycles. The zero-order valence-electron chi connectivity index (χ0n) is 8.81. The Morgan fingerprint density at radius 2 is 2.46 bits per heavy atom. The van der Waals surface area contributed by atoms with Crippen LogP contribution >= 0.6 is 0 Å². The molecule has 2 heteroatoms. The van der Waals surface area contributed by atoms with Gasteiger partial charge in [0.25, 0.3) is 0 Å². The van der Waals surface area contributed by atoms with Crippen molar-refractivity contribution in [3.63, 3.8) is 0 Å². The van der Waals surface area contributed by atoms with E-state index in [1.807, 2.05) is 0 Å². The van der Waals surface area contributed by atoms with Gasteiger partial charge in [0.1, 0.15) is 0 Å². The van der Waals surface area contributed by atoms with Crippen molar-refractivity contribution >= 4 is 0 Å². The second-order valence-corrected chi connectivity index (χ2v) is 4.08. The Morgan fingerprint density at radius 1 is 1.69 bits per heavy atom. The monoisotopic (exact) mass is 183 g/mol. The molecule has 1 heterocycles. The Balaban J connectivity index is 2.22. The number of hydrogen-bond donors (Lipinski definition) is 1. The van der Waals surface area contributed by atoms with Gasteiger partial charge in [-0.05, 0) is 31.8 Å². The van der Waals surface area contributed by atoms with Crippen LogP contribution in [0.3, 0.4) is 0 Å². The highest BCUT2D eigenvalue weighted by molar-refractivity contribution is 5.01. The minimum absolute atomic E-state index is 0.505. The van der Waals surface area contributed by atoms with Crippen LogP contribution in [0.1, 0.15) is 19.8 Å². The highest BCUT2D eigenvalue weighted by Crippen LogP contribution is 2.22. The van der Waals surface area contributed by atoms with Gasteiger partial charge >= 0.3 is 0 Å². The molecule has 0 saturated carbocycles. The first-order valence-corrected chi connectivity index (χ1v) is 5.11. The third kappa shape index (κ3) is 3.49. The molecule has 0 bridgehead atoms. The summed E-state index contributed by atoms with van der Waals surface area (Å²) in [6.45, 7) is 9.46. The molecule has 2 nitrogen and oxygen atoms in total. The maximum absolute atomic E-state index is 5.11. The zero-order valence-corrected chi connectivity index (χ0v) is 8.81. The molecule has 13 heavy (non-hydrogen) atoms. The van der Waals surface area contributed by atoms with Crippen molar-refractivity contribution in [2.75, 3.05) is 26.8 Å². The number of hydrogen-bond acceptors (Lipinski definition) is 2. The van der Waals surface area contributed by atoms with Crippen LogP contribution in [0, 0.1) is 11.8 Å². The Bertz CT molecular complexity index is 161. The summed E-state index contributed by atoms with van der Waals surface area (Å²) in [6.07, 6.45) is 2.47. The minimum atomic E-state index is 0.505. The Kier molecular flexibility index (Phi) is 4.46. The summed E-state index contributed by atoms with van der Waals surface area (Å²) in [6, 6.07) is 0. The number of nitrogens with one attached hydrogen (secondary N) is 1. The van der Waals surface area contributed by atoms with Crippen LogP contribution in [0.4, 0.5) is 0 Å². The third-order valence-electron chi connectivity index (χ3n) is 2.83. The van der Waals surface area contributed by atoms with Gasteiger partial charge in [0.2, 0.25) is 0 Å². The summed E-state index contributed by atoms with van der Waals surface area (Å²) in [5.41, 5.74) is 1.34. The molecule has 0 radical (unpaired) electrons. The minimum Gasteiger partial charge on any atom is -0.384 e. The lowest BCUT2D eigenvalue weighted by Gasteiger charge is -2.16. The van der Waals surface area contributed by atoms with Gasteiger partial charge in [-0.1, -0.05) is 19.1 Å². The fourth-order valence-electron chi connectivity index (χ4n) is 1.83. The Hall–Kier alpha value is -0.340. The average Bonchev–Trinajstić information content (AvgIpc) is 2.57. The molecule has 1 rings (SSSR count). The van der Waals surface area contributed by atoms with Crippen molar-refractivity contribution in [3.05, 3.63) is 12.2 Å². The lowest BCUT2D eigenvalue weighted by molar-refractivity contribution is 0.170. The fraction of sp³-hybridized carbons (Fsp3) is 0.818. The molecule has 1 aliphatic rings. The van der Waals surface area contributed by atoms with Crippen molar-refractivity contribution in [3.8, 4) is 0 Å². The van der Waals surface area contributed by atoms with E-state index in [0.29, 0.717) is 5.92 Å². The van der Waals surface area contributed by atoms with Crippen molar-refractivity contribution in [1.82, 2.24) is 5.32 Å². The van der Waals surface area contributed by atoms with Crippen molar-refractivity contribution in [1.29, 1.82) is 0 Å². The smallest absolute Gasteiger partial charge is 0.0524 e. The molecule has 0 amide bonds. The predicted molar refractivity (Wildman–Crippen MR) is 55.8 cm³/mol. The van der Waals surface area contributed by atoms with E-state index in [4.69, 9.17) is 4.74 Å². The molecule has 0 aliphatic carbocycles. The van der Waals surface area contributed by atoms with Crippen LogP contribution in [-0.4, -0.2) is 26.8 Å². The summed E-state index contributed by atoms with van der Waals surface area (Å²) in [4.78, 5) is 0. The summed E-state index contributed by atoms with van der Waals surface area (Å²) in [7, 11) is 1.75. The first-order chi connectivity index (χ1) is 6.24. The molecule has 0 spiro atoms. The third-order valence-corrected chi connectivity index (χ3v) is 2.83. The SMILES string of the molecule is C=C(CC1CCNC1)C(C)COC. The van der Waals surface area contributed by atoms with Gasteiger partial charge in [-0.25, -0.2) is 0 Å². The largest absolute Gasteiger partial charge is 0.384 e. The maximum atomic E-state index is 5.11. The fourth-order valence-corrected chi connectivity index (χ4v) is 1.83. The van der Waals surface area contributed by atoms with E-state index >= 15 is 0 Å². The second kappa shape index (κ2) is 5.40. The zero-order chi connectivity index (χ0) is 9.68. The van der Waals surface area contributed by atoms with Gasteiger partial charge in [-0.3, -0.25) is 0 Å². The first-order valence-electron chi connectivity index (χ1n) is 5.11. The highest BCUT2D eigenvalue weighted by atomic mass is 16.5. The van der Waals surface area contributed by atoms with Crippen LogP contribution in [-0.2, 0) is 4.74 Å². The van der Waals surface area contributed by atoms with Gasteiger partial charge in [-0.15, -0.1) is 0 Å². The highest BCUT2D eigenvalue weighted by Gasteiger charge is 2.17. The van der Waals surface area contributed by atoms with Gasteiger partial charge in [0.05, 0.1) is 6.61 Å². The molecule has 1 fully saturated rings. The average molecular weight is 183 g/mol. The number of methoxy groups -OCH3 is 1. The van der Waals surface area contributed by atoms with Gasteiger partial charge in [-0.2, -0.15) is 0 Å². The van der Waals surface area contributed by atoms with E-state index in [9.17, 15) is 0 Å². The molecular weight excluding hydrogens is 162 g/mol. The molecular formula is C11H21NO. The topological polar surface area (TPSA) is 21.3 Å². The standard InChI is InChI=1S/C11H21NO/c1-9(10(2)8-13-3)6-11-4-5-12-7-11/h10-12H,1,4-8H2,2-3H3. The van der Waals surface area contributed by atoms with Crippen LogP contribution in [0.25, 0.3) is 0 Å². The molecule has 76 valence electrons. The van der Waals surface area contributed by atoms with E-state index in [2.05, 4.69) is 18.8 Å². The summed E-state index contributed by atoms with van der Waals surface area (Å²) >= 11 is 0. The molecule has 0 aromatic carbocycles. The molecule has 1 aliphatic heterocycles. The quantitative estimate of drug-likeness (QED) is 0.656. The second-order valence-electron chi connectivity index (χ2n) is 4.08. The van der Waals surface area contributed by atoms with Crippen LogP contribution in [0.2, 0.25) is 0 Å². The Morgan fingerprint density at radius 3 is 3.00 bits per heavy atom. The summed E-state index contributed by atoms with van der Waals surface area (Å²) in [5.74, 6) is 1.32. The molecule has 2 unspecified atom stereocenters. The van der Waals surface area contributed by atoms with E-state index in [0.717, 1.165) is 18.9 Å². The van der Waals surface area contributed by atoms with Crippen LogP contribution < -0.4 is 5.32 Å². The number of rotatable bonds is 5. The lowest BCUT2D eigenvalue weighted by atomic mass is 9.92. The summed E-state index contributed by atoms with van der Waals surface area (Å²) < 4.78 is 5.11. The van der Waals surface area contributed by atoms with E-state index in [-0.39, 0.29) is 0 Å². The predicted octanol–water partition coefficient (Wildman–Crippen LogP) is 1.82. The summed E-state index contributed by atoms with van der Waals surface area (Å²) in [5, 5.41) is 3.38. The number of ether oxygens (including phenoxy) is 1. The van der Waals surface area contributed by atoms with Gasteiger partial charge in [0.15, 0.2) is 0 Å². The van der Waals surface area contributed by atoms with E-state index in [1.54, 1.807) is 7.11 Å². The maximum Gasteiger partial charge on any atom is 0.0524 e. The molecule has 1 saturated heterocycles. The molecule has 2 atom stereocenters. The molecule has 1 N–H and O–H groups in total. The van der Waals surface area contributed by atoms with Gasteiger partial charge < -0.3 is 10.1 Å². The van der Waals surface area contributed by atoms with Crippen molar-refractivity contribution in [2.45, 2.75) is 19.8 Å². The molecule has 0 aromatic rings. The van der Waals surface area contributed by atoms with Gasteiger partial charge in [0, 0.05) is 13.0 Å². The normalized spacial score (nSPS) is 24.6. The lowest BCUT2D eigenvalue weighted by Crippen LogP contribution is -2.13. The first kappa shape index (κ1) is 10.7. The van der Waals surface area contributed by atoms with E-state index in [1.165, 1.54) is 25.1 Å². The van der Waals surface area contributed by atoms with E-state index < -0.39 is 0 Å². The van der Waals surface area contributed by atoms with Crippen molar-refractivity contribution in [2.24, 2.45) is 11.8 Å². The van der Waals surface area contributed by atoms with Crippen LogP contribution in [0.5, 0.6) is 0 Å². The van der Waals surface area contributed by atoms with Crippen molar-refractivity contribution < 1.29 is 4.74 Å².